The summed E-state index contributed by atoms with van der Waals surface area (Å²) in [5.74, 6) is 1.92. The molecule has 1 fully saturated rings. The molecule has 2 heterocycles. The number of aryl methyl sites for hydroxylation is 2. The average Bonchev–Trinajstić information content (AvgIpc) is 2.87. The van der Waals surface area contributed by atoms with Crippen LogP contribution in [0.2, 0.25) is 0 Å². The number of hydrogen-bond acceptors (Lipinski definition) is 4. The maximum absolute atomic E-state index is 12.5. The quantitative estimate of drug-likeness (QED) is 0.898. The Kier molecular flexibility index (Phi) is 3.51. The first-order valence-corrected chi connectivity index (χ1v) is 8.11. The van der Waals surface area contributed by atoms with Crippen LogP contribution in [0.15, 0.2) is 4.90 Å². The van der Waals surface area contributed by atoms with Crippen molar-refractivity contribution in [2.75, 3.05) is 18.6 Å². The number of aromatic nitrogens is 2. The van der Waals surface area contributed by atoms with E-state index in [1.165, 1.54) is 4.31 Å². The molecular weight excluding hydrogens is 258 g/mol. The summed E-state index contributed by atoms with van der Waals surface area (Å²) in [4.78, 5) is 0.330. The van der Waals surface area contributed by atoms with Crippen LogP contribution in [0.25, 0.3) is 0 Å². The minimum Gasteiger partial charge on any atom is -0.281 e. The zero-order valence-corrected chi connectivity index (χ0v) is 11.9. The number of nitrogens with one attached hydrogen (secondary N) is 1. The predicted molar refractivity (Wildman–Crippen MR) is 68.7 cm³/mol. The van der Waals surface area contributed by atoms with Crippen LogP contribution in [0.3, 0.4) is 0 Å². The molecule has 1 atom stereocenters. The van der Waals surface area contributed by atoms with E-state index < -0.39 is 10.0 Å². The van der Waals surface area contributed by atoms with Crippen molar-refractivity contribution in [3.8, 4) is 0 Å². The van der Waals surface area contributed by atoms with E-state index in [1.807, 2.05) is 0 Å². The van der Waals surface area contributed by atoms with Crippen LogP contribution < -0.4 is 0 Å². The van der Waals surface area contributed by atoms with Gasteiger partial charge in [-0.25, -0.2) is 8.42 Å². The molecule has 0 bridgehead atoms. The highest BCUT2D eigenvalue weighted by molar-refractivity contribution is 7.99. The van der Waals surface area contributed by atoms with Gasteiger partial charge >= 0.3 is 0 Å². The first-order chi connectivity index (χ1) is 7.94. The van der Waals surface area contributed by atoms with Crippen molar-refractivity contribution >= 4 is 21.8 Å². The molecule has 1 aliphatic rings. The van der Waals surface area contributed by atoms with Gasteiger partial charge < -0.3 is 0 Å². The van der Waals surface area contributed by atoms with E-state index in [1.54, 1.807) is 32.7 Å². The molecular formula is C10H17N3O2S2. The van der Waals surface area contributed by atoms with Gasteiger partial charge in [0, 0.05) is 18.8 Å². The minimum atomic E-state index is -3.41. The Morgan fingerprint density at radius 1 is 1.47 bits per heavy atom. The number of hydrogen-bond donors (Lipinski definition) is 1. The summed E-state index contributed by atoms with van der Waals surface area (Å²) < 4.78 is 26.5. The SMILES string of the molecule is Cc1n[nH]c(C)c1S(=O)(=O)N(C)C1CCSC1. The molecule has 0 spiro atoms. The van der Waals surface area contributed by atoms with Crippen LogP contribution in [0.1, 0.15) is 17.8 Å². The zero-order valence-electron chi connectivity index (χ0n) is 10.2. The van der Waals surface area contributed by atoms with Crippen LogP contribution in [-0.2, 0) is 10.0 Å². The number of nitrogens with zero attached hydrogens (tertiary/aromatic N) is 2. The van der Waals surface area contributed by atoms with E-state index in [2.05, 4.69) is 10.2 Å². The van der Waals surface area contributed by atoms with Gasteiger partial charge in [0.05, 0.1) is 11.4 Å². The van der Waals surface area contributed by atoms with E-state index in [0.29, 0.717) is 16.3 Å². The standard InChI is InChI=1S/C10H17N3O2S2/c1-7-10(8(2)12-11-7)17(14,15)13(3)9-4-5-16-6-9/h9H,4-6H2,1-3H3,(H,11,12). The molecule has 2 rings (SSSR count). The second-order valence-electron chi connectivity index (χ2n) is 4.30. The summed E-state index contributed by atoms with van der Waals surface area (Å²) in [5.41, 5.74) is 1.15. The van der Waals surface area contributed by atoms with Crippen molar-refractivity contribution in [3.05, 3.63) is 11.4 Å². The van der Waals surface area contributed by atoms with Crippen molar-refractivity contribution in [1.82, 2.24) is 14.5 Å². The third kappa shape index (κ3) is 2.23. The highest BCUT2D eigenvalue weighted by Gasteiger charge is 2.33. The fourth-order valence-corrected chi connectivity index (χ4v) is 5.14. The topological polar surface area (TPSA) is 66.1 Å². The monoisotopic (exact) mass is 275 g/mol. The highest BCUT2D eigenvalue weighted by Crippen LogP contribution is 2.28. The molecule has 7 heteroatoms. The Balaban J connectivity index is 2.36. The summed E-state index contributed by atoms with van der Waals surface area (Å²) in [6.45, 7) is 3.46. The molecule has 17 heavy (non-hydrogen) atoms. The minimum absolute atomic E-state index is 0.110. The van der Waals surface area contributed by atoms with Crippen molar-refractivity contribution in [2.24, 2.45) is 0 Å². The van der Waals surface area contributed by atoms with E-state index in [-0.39, 0.29) is 6.04 Å². The Hall–Kier alpha value is -0.530. The van der Waals surface area contributed by atoms with Gasteiger partial charge in [-0.15, -0.1) is 0 Å². The maximum atomic E-state index is 12.5. The van der Waals surface area contributed by atoms with Gasteiger partial charge in [0.2, 0.25) is 10.0 Å². The number of H-pyrrole nitrogens is 1. The van der Waals surface area contributed by atoms with Gasteiger partial charge in [-0.2, -0.15) is 21.2 Å². The lowest BCUT2D eigenvalue weighted by molar-refractivity contribution is 0.394. The Bertz CT molecular complexity index is 484. The summed E-state index contributed by atoms with van der Waals surface area (Å²) >= 11 is 1.80. The average molecular weight is 275 g/mol. The van der Waals surface area contributed by atoms with E-state index in [4.69, 9.17) is 0 Å². The molecule has 0 saturated carbocycles. The van der Waals surface area contributed by atoms with Gasteiger partial charge in [-0.3, -0.25) is 5.10 Å². The molecule has 5 nitrogen and oxygen atoms in total. The van der Waals surface area contributed by atoms with Gasteiger partial charge in [-0.1, -0.05) is 0 Å². The van der Waals surface area contributed by atoms with Crippen molar-refractivity contribution in [3.63, 3.8) is 0 Å². The fraction of sp³-hybridized carbons (Fsp3) is 0.700. The molecule has 1 unspecified atom stereocenters. The molecule has 96 valence electrons. The molecule has 1 aromatic heterocycles. The molecule has 1 N–H and O–H groups in total. The first kappa shape index (κ1) is 12.9. The molecule has 0 aromatic carbocycles. The van der Waals surface area contributed by atoms with Crippen molar-refractivity contribution in [2.45, 2.75) is 31.2 Å². The summed E-state index contributed by atoms with van der Waals surface area (Å²) in [7, 11) is -1.75. The lowest BCUT2D eigenvalue weighted by Crippen LogP contribution is -2.37. The van der Waals surface area contributed by atoms with Crippen LogP contribution in [-0.4, -0.2) is 47.5 Å². The van der Waals surface area contributed by atoms with Gasteiger partial charge in [-0.05, 0) is 26.0 Å². The van der Waals surface area contributed by atoms with Gasteiger partial charge in [0.1, 0.15) is 4.90 Å². The van der Waals surface area contributed by atoms with Crippen LogP contribution in [0.4, 0.5) is 0 Å². The smallest absolute Gasteiger partial charge is 0.246 e. The Morgan fingerprint density at radius 2 is 2.18 bits per heavy atom. The summed E-state index contributed by atoms with van der Waals surface area (Å²) in [6, 6.07) is 0.110. The lowest BCUT2D eigenvalue weighted by Gasteiger charge is -2.23. The van der Waals surface area contributed by atoms with Crippen LogP contribution in [0.5, 0.6) is 0 Å². The highest BCUT2D eigenvalue weighted by atomic mass is 32.2. The summed E-state index contributed by atoms with van der Waals surface area (Å²) in [5, 5.41) is 6.68. The number of thioether (sulfide) groups is 1. The number of rotatable bonds is 3. The Morgan fingerprint density at radius 3 is 2.65 bits per heavy atom. The van der Waals surface area contributed by atoms with E-state index in [0.717, 1.165) is 17.9 Å². The van der Waals surface area contributed by atoms with Crippen molar-refractivity contribution in [1.29, 1.82) is 0 Å². The van der Waals surface area contributed by atoms with Crippen LogP contribution >= 0.6 is 11.8 Å². The molecule has 0 aliphatic carbocycles. The largest absolute Gasteiger partial charge is 0.281 e. The van der Waals surface area contributed by atoms with Crippen LogP contribution in [0, 0.1) is 13.8 Å². The maximum Gasteiger partial charge on any atom is 0.246 e. The lowest BCUT2D eigenvalue weighted by atomic mass is 10.3. The predicted octanol–water partition coefficient (Wildman–Crippen LogP) is 1.15. The molecule has 0 radical (unpaired) electrons. The summed E-state index contributed by atoms with van der Waals surface area (Å²) in [6.07, 6.45) is 0.927. The molecule has 1 saturated heterocycles. The second kappa shape index (κ2) is 4.62. The van der Waals surface area contributed by atoms with Gasteiger partial charge in [0.15, 0.2) is 0 Å². The number of sulfonamides is 1. The van der Waals surface area contributed by atoms with E-state index >= 15 is 0 Å². The molecule has 0 amide bonds. The second-order valence-corrected chi connectivity index (χ2v) is 7.39. The molecule has 1 aliphatic heterocycles. The number of aromatic amines is 1. The normalized spacial score (nSPS) is 21.3. The third-order valence-electron chi connectivity index (χ3n) is 3.12. The molecule has 1 aromatic rings. The third-order valence-corrected chi connectivity index (χ3v) is 6.44. The van der Waals surface area contributed by atoms with E-state index in [9.17, 15) is 8.42 Å². The Labute approximate surface area is 106 Å². The van der Waals surface area contributed by atoms with Crippen molar-refractivity contribution < 1.29 is 8.42 Å². The fourth-order valence-electron chi connectivity index (χ4n) is 2.07. The van der Waals surface area contributed by atoms with Gasteiger partial charge in [0.25, 0.3) is 0 Å². The first-order valence-electron chi connectivity index (χ1n) is 5.52. The zero-order chi connectivity index (χ0) is 12.6.